The Morgan fingerprint density at radius 1 is 0.600 bits per heavy atom. The molecule has 0 saturated heterocycles. The Morgan fingerprint density at radius 3 is 1.63 bits per heavy atom. The van der Waals surface area contributed by atoms with Gasteiger partial charge in [0.15, 0.2) is 11.5 Å². The molecule has 4 aliphatic heterocycles. The molecule has 4 heterocycles. The molecular weight excluding hydrogens is 369 g/mol. The van der Waals surface area contributed by atoms with Crippen LogP contribution in [0.5, 0.6) is 23.0 Å². The standard InChI is InChI=1S/C26H16BNO2/c1-13-9-17-15-5-3-7-19-23(15)27-24-16(6-4-8-20(24)29-19)18-10-14(2)12-22-26(18)28(27)25(17)21(11-13)30-22/h3-12H,1-2H3. The second-order valence-corrected chi connectivity index (χ2v) is 8.73. The summed E-state index contributed by atoms with van der Waals surface area (Å²) in [5, 5.41) is 0. The summed E-state index contributed by atoms with van der Waals surface area (Å²) in [6.45, 7) is 4.38. The van der Waals surface area contributed by atoms with E-state index in [9.17, 15) is 0 Å². The van der Waals surface area contributed by atoms with E-state index in [2.05, 4.69) is 79.3 Å². The van der Waals surface area contributed by atoms with Gasteiger partial charge in [0.25, 0.3) is 0 Å². The average Bonchev–Trinajstić information content (AvgIpc) is 2.74. The monoisotopic (exact) mass is 385 g/mol. The number of aryl methyl sites for hydroxylation is 2. The van der Waals surface area contributed by atoms with Crippen LogP contribution in [-0.4, -0.2) is 6.85 Å². The number of benzene rings is 4. The van der Waals surface area contributed by atoms with Crippen LogP contribution in [0.1, 0.15) is 11.1 Å². The van der Waals surface area contributed by atoms with Crippen molar-refractivity contribution in [3.05, 3.63) is 71.8 Å². The van der Waals surface area contributed by atoms with E-state index >= 15 is 0 Å². The van der Waals surface area contributed by atoms with Crippen molar-refractivity contribution in [2.75, 3.05) is 4.81 Å². The van der Waals surface area contributed by atoms with Gasteiger partial charge in [-0.15, -0.1) is 0 Å². The number of hydrogen-bond acceptors (Lipinski definition) is 3. The van der Waals surface area contributed by atoms with Crippen LogP contribution in [0, 0.1) is 13.8 Å². The fraction of sp³-hybridized carbons (Fsp3) is 0.0769. The van der Waals surface area contributed by atoms with E-state index in [0.29, 0.717) is 0 Å². The van der Waals surface area contributed by atoms with Crippen molar-refractivity contribution in [2.45, 2.75) is 13.8 Å². The fourth-order valence-electron chi connectivity index (χ4n) is 5.86. The Balaban J connectivity index is 1.63. The smallest absolute Gasteiger partial charge is 0.337 e. The van der Waals surface area contributed by atoms with Gasteiger partial charge in [0.05, 0.1) is 11.4 Å². The molecule has 8 rings (SSSR count). The van der Waals surface area contributed by atoms with Crippen molar-refractivity contribution in [1.82, 2.24) is 0 Å². The topological polar surface area (TPSA) is 21.7 Å². The van der Waals surface area contributed by atoms with Crippen molar-refractivity contribution in [1.29, 1.82) is 0 Å². The summed E-state index contributed by atoms with van der Waals surface area (Å²) in [6.07, 6.45) is 0. The maximum Gasteiger partial charge on any atom is 0.337 e. The summed E-state index contributed by atoms with van der Waals surface area (Å²) in [6, 6.07) is 21.7. The SMILES string of the molecule is Cc1cc2c3c(c1)-c1cccc4c1B1c5c(cccc5-c5cc(C)cc(c5N13)O2)O4. The van der Waals surface area contributed by atoms with Gasteiger partial charge in [-0.25, -0.2) is 0 Å². The predicted octanol–water partition coefficient (Wildman–Crippen LogP) is 5.42. The van der Waals surface area contributed by atoms with Crippen molar-refractivity contribution in [3.8, 4) is 45.3 Å². The Hall–Kier alpha value is -3.66. The summed E-state index contributed by atoms with van der Waals surface area (Å²) >= 11 is 0. The van der Waals surface area contributed by atoms with E-state index in [1.807, 2.05) is 0 Å². The quantitative estimate of drug-likeness (QED) is 0.332. The van der Waals surface area contributed by atoms with Crippen LogP contribution in [0.4, 0.5) is 11.4 Å². The Labute approximate surface area is 174 Å². The maximum absolute atomic E-state index is 6.55. The molecule has 0 amide bonds. The molecule has 0 unspecified atom stereocenters. The van der Waals surface area contributed by atoms with Crippen LogP contribution < -0.4 is 25.2 Å². The molecule has 4 heteroatoms. The highest BCUT2D eigenvalue weighted by atomic mass is 16.5. The summed E-state index contributed by atoms with van der Waals surface area (Å²) in [7, 11) is 0. The molecule has 0 aliphatic carbocycles. The number of nitrogens with zero attached hydrogens (tertiary/aromatic N) is 1. The largest absolute Gasteiger partial charge is 0.458 e. The van der Waals surface area contributed by atoms with Crippen LogP contribution in [0.2, 0.25) is 0 Å². The second kappa shape index (κ2) is 4.73. The summed E-state index contributed by atoms with van der Waals surface area (Å²) in [4.78, 5) is 2.51. The molecule has 0 bridgehead atoms. The summed E-state index contributed by atoms with van der Waals surface area (Å²) < 4.78 is 13.0. The first kappa shape index (κ1) is 15.2. The van der Waals surface area contributed by atoms with Crippen LogP contribution in [0.25, 0.3) is 22.3 Å². The number of anilines is 2. The molecule has 4 aromatic carbocycles. The van der Waals surface area contributed by atoms with E-state index < -0.39 is 0 Å². The van der Waals surface area contributed by atoms with Crippen LogP contribution in [0.3, 0.4) is 0 Å². The molecule has 30 heavy (non-hydrogen) atoms. The highest BCUT2D eigenvalue weighted by Crippen LogP contribution is 2.59. The minimum atomic E-state index is 0.1000. The molecule has 0 aromatic heterocycles. The van der Waals surface area contributed by atoms with E-state index in [-0.39, 0.29) is 6.85 Å². The second-order valence-electron chi connectivity index (χ2n) is 8.73. The fourth-order valence-corrected chi connectivity index (χ4v) is 5.86. The summed E-state index contributed by atoms with van der Waals surface area (Å²) in [5.41, 5.74) is 12.2. The van der Waals surface area contributed by atoms with Gasteiger partial charge in [-0.2, -0.15) is 0 Å². The molecule has 0 radical (unpaired) electrons. The molecule has 140 valence electrons. The number of rotatable bonds is 0. The molecule has 3 nitrogen and oxygen atoms in total. The first-order valence-corrected chi connectivity index (χ1v) is 10.4. The van der Waals surface area contributed by atoms with Gasteiger partial charge in [0, 0.05) is 22.1 Å². The first-order chi connectivity index (χ1) is 14.7. The van der Waals surface area contributed by atoms with E-state index in [1.165, 1.54) is 55.7 Å². The lowest BCUT2D eigenvalue weighted by atomic mass is 9.42. The number of hydrogen-bond donors (Lipinski definition) is 0. The number of fused-ring (bicyclic) bond motifs is 2. The zero-order valence-electron chi connectivity index (χ0n) is 16.6. The number of ether oxygens (including phenoxy) is 2. The Bertz CT molecular complexity index is 1380. The normalized spacial score (nSPS) is 14.7. The molecular formula is C26H16BNO2. The van der Waals surface area contributed by atoms with Gasteiger partial charge in [-0.05, 0) is 72.5 Å². The molecule has 0 spiro atoms. The van der Waals surface area contributed by atoms with Gasteiger partial charge in [0.1, 0.15) is 11.5 Å². The van der Waals surface area contributed by atoms with Crippen molar-refractivity contribution in [2.24, 2.45) is 0 Å². The maximum atomic E-state index is 6.55. The average molecular weight is 385 g/mol. The van der Waals surface area contributed by atoms with Gasteiger partial charge in [-0.3, -0.25) is 0 Å². The molecule has 0 N–H and O–H groups in total. The Morgan fingerprint density at radius 2 is 1.10 bits per heavy atom. The zero-order valence-corrected chi connectivity index (χ0v) is 16.6. The molecule has 4 aromatic rings. The van der Waals surface area contributed by atoms with Crippen molar-refractivity contribution in [3.63, 3.8) is 0 Å². The van der Waals surface area contributed by atoms with Gasteiger partial charge >= 0.3 is 6.85 Å². The first-order valence-electron chi connectivity index (χ1n) is 10.4. The van der Waals surface area contributed by atoms with E-state index in [1.54, 1.807) is 0 Å². The van der Waals surface area contributed by atoms with Gasteiger partial charge in [0.2, 0.25) is 0 Å². The van der Waals surface area contributed by atoms with Crippen LogP contribution in [0.15, 0.2) is 60.7 Å². The zero-order chi connectivity index (χ0) is 19.7. The van der Waals surface area contributed by atoms with Crippen LogP contribution in [-0.2, 0) is 0 Å². The molecule has 0 saturated carbocycles. The highest BCUT2D eigenvalue weighted by Gasteiger charge is 2.51. The predicted molar refractivity (Wildman–Crippen MR) is 121 cm³/mol. The van der Waals surface area contributed by atoms with Crippen molar-refractivity contribution >= 4 is 29.1 Å². The lowest BCUT2D eigenvalue weighted by Gasteiger charge is -2.48. The van der Waals surface area contributed by atoms with E-state index in [0.717, 1.165) is 23.0 Å². The molecule has 4 aliphatic rings. The van der Waals surface area contributed by atoms with Crippen molar-refractivity contribution < 1.29 is 9.47 Å². The minimum absolute atomic E-state index is 0.1000. The third-order valence-corrected chi connectivity index (χ3v) is 6.88. The minimum Gasteiger partial charge on any atom is -0.458 e. The lowest BCUT2D eigenvalue weighted by molar-refractivity contribution is 0.475. The summed E-state index contributed by atoms with van der Waals surface area (Å²) in [5.74, 6) is 3.80. The molecule has 0 fully saturated rings. The van der Waals surface area contributed by atoms with E-state index in [4.69, 9.17) is 9.47 Å². The van der Waals surface area contributed by atoms with Gasteiger partial charge in [-0.1, -0.05) is 24.3 Å². The van der Waals surface area contributed by atoms with Crippen LogP contribution >= 0.6 is 0 Å². The third-order valence-electron chi connectivity index (χ3n) is 6.88. The lowest BCUT2D eigenvalue weighted by Crippen LogP contribution is -2.62. The Kier molecular flexibility index (Phi) is 2.40. The highest BCUT2D eigenvalue weighted by molar-refractivity contribution is 6.94. The third kappa shape index (κ3) is 1.56. The molecule has 0 atom stereocenters. The van der Waals surface area contributed by atoms with Gasteiger partial charge < -0.3 is 14.3 Å².